The van der Waals surface area contributed by atoms with Crippen LogP contribution in [0.5, 0.6) is 17.5 Å². The van der Waals surface area contributed by atoms with Crippen molar-refractivity contribution in [1.82, 2.24) is 14.9 Å². The zero-order valence-electron chi connectivity index (χ0n) is 19.1. The second-order valence-corrected chi connectivity index (χ2v) is 8.18. The largest absolute Gasteiger partial charge is 0.481 e. The monoisotopic (exact) mass is 444 g/mol. The summed E-state index contributed by atoms with van der Waals surface area (Å²) in [5, 5.41) is 2.91. The molecule has 3 heterocycles. The van der Waals surface area contributed by atoms with Crippen LogP contribution >= 0.6 is 0 Å². The van der Waals surface area contributed by atoms with Gasteiger partial charge in [-0.05, 0) is 48.6 Å². The maximum atomic E-state index is 12.7. The molecule has 3 aromatic rings. The number of benzene rings is 1. The molecule has 2 amide bonds. The van der Waals surface area contributed by atoms with Gasteiger partial charge in [0.15, 0.2) is 0 Å². The summed E-state index contributed by atoms with van der Waals surface area (Å²) in [6.07, 6.45) is 6.40. The molecule has 1 aliphatic rings. The van der Waals surface area contributed by atoms with Crippen LogP contribution in [0.1, 0.15) is 24.5 Å². The van der Waals surface area contributed by atoms with E-state index in [2.05, 4.69) is 34.4 Å². The molecule has 0 saturated carbocycles. The highest BCUT2D eigenvalue weighted by atomic mass is 16.5. The normalized spacial score (nSPS) is 17.0. The van der Waals surface area contributed by atoms with Crippen LogP contribution < -0.4 is 14.8 Å². The van der Waals surface area contributed by atoms with Crippen molar-refractivity contribution < 1.29 is 14.3 Å². The van der Waals surface area contributed by atoms with Crippen molar-refractivity contribution in [2.45, 2.75) is 20.3 Å². The van der Waals surface area contributed by atoms with E-state index in [1.54, 1.807) is 31.6 Å². The molecule has 4 rings (SSSR count). The topological polar surface area (TPSA) is 76.6 Å². The van der Waals surface area contributed by atoms with E-state index in [-0.39, 0.29) is 11.9 Å². The van der Waals surface area contributed by atoms with Crippen LogP contribution in [0.3, 0.4) is 0 Å². The number of amides is 2. The summed E-state index contributed by atoms with van der Waals surface area (Å²) in [5.74, 6) is 2.09. The molecule has 0 bridgehead atoms. The quantitative estimate of drug-likeness (QED) is 0.559. The molecule has 1 unspecified atom stereocenters. The fraction of sp³-hybridized carbons (Fsp3) is 0.269. The number of likely N-dealkylation sites (tertiary alicyclic amines) is 1. The summed E-state index contributed by atoms with van der Waals surface area (Å²) in [6, 6.07) is 15.2. The van der Waals surface area contributed by atoms with Gasteiger partial charge in [-0.15, -0.1) is 0 Å². The van der Waals surface area contributed by atoms with E-state index < -0.39 is 0 Å². The number of pyridine rings is 2. The second kappa shape index (κ2) is 10.2. The first-order valence-electron chi connectivity index (χ1n) is 11.0. The molecule has 1 aliphatic heterocycles. The molecule has 7 nitrogen and oxygen atoms in total. The van der Waals surface area contributed by atoms with Crippen molar-refractivity contribution in [3.05, 3.63) is 77.6 Å². The van der Waals surface area contributed by atoms with E-state index in [0.29, 0.717) is 30.5 Å². The van der Waals surface area contributed by atoms with Gasteiger partial charge in [-0.2, -0.15) is 0 Å². The maximum Gasteiger partial charge on any atom is 0.321 e. The molecule has 0 spiro atoms. The Morgan fingerprint density at radius 3 is 2.64 bits per heavy atom. The molecular formula is C26H28N4O3. The van der Waals surface area contributed by atoms with E-state index in [0.717, 1.165) is 23.3 Å². The van der Waals surface area contributed by atoms with E-state index >= 15 is 0 Å². The molecule has 1 fully saturated rings. The number of carbonyl (C=O) groups excluding carboxylic acids is 1. The Morgan fingerprint density at radius 2 is 1.94 bits per heavy atom. The van der Waals surface area contributed by atoms with Crippen molar-refractivity contribution in [2.24, 2.45) is 5.92 Å². The summed E-state index contributed by atoms with van der Waals surface area (Å²) >= 11 is 0. The average molecular weight is 445 g/mol. The number of rotatable bonds is 5. The number of urea groups is 1. The number of aryl methyl sites for hydroxylation is 1. The number of hydrogen-bond acceptors (Lipinski definition) is 5. The minimum absolute atomic E-state index is 0.117. The van der Waals surface area contributed by atoms with Crippen molar-refractivity contribution in [3.63, 3.8) is 0 Å². The van der Waals surface area contributed by atoms with Crippen molar-refractivity contribution in [1.29, 1.82) is 0 Å². The number of nitrogens with one attached hydrogen (secondary N) is 1. The lowest BCUT2D eigenvalue weighted by Crippen LogP contribution is -2.42. The average Bonchev–Trinajstić information content (AvgIpc) is 2.82. The SMILES string of the molecule is COc1ccc(NC(=O)N2CCC(=Cc3cccc(Oc4ccc(C)cn4)c3)C(C)C2)cn1. The Hall–Kier alpha value is -3.87. The summed E-state index contributed by atoms with van der Waals surface area (Å²) in [7, 11) is 1.56. The van der Waals surface area contributed by atoms with Crippen LogP contribution in [0.15, 0.2) is 66.5 Å². The Balaban J connectivity index is 1.37. The lowest BCUT2D eigenvalue weighted by Gasteiger charge is -2.33. The molecule has 0 aliphatic carbocycles. The smallest absolute Gasteiger partial charge is 0.321 e. The summed E-state index contributed by atoms with van der Waals surface area (Å²) in [6.45, 7) is 5.46. The molecule has 33 heavy (non-hydrogen) atoms. The number of piperidine rings is 1. The number of carbonyl (C=O) groups is 1. The minimum atomic E-state index is -0.117. The molecule has 1 N–H and O–H groups in total. The predicted octanol–water partition coefficient (Wildman–Crippen LogP) is 5.54. The highest BCUT2D eigenvalue weighted by molar-refractivity contribution is 5.89. The van der Waals surface area contributed by atoms with Crippen LogP contribution in [0, 0.1) is 12.8 Å². The minimum Gasteiger partial charge on any atom is -0.481 e. The van der Waals surface area contributed by atoms with Crippen molar-refractivity contribution in [3.8, 4) is 17.5 Å². The molecule has 2 aromatic heterocycles. The van der Waals surface area contributed by atoms with Gasteiger partial charge >= 0.3 is 6.03 Å². The third-order valence-electron chi connectivity index (χ3n) is 5.60. The van der Waals surface area contributed by atoms with E-state index in [1.807, 2.05) is 42.2 Å². The first kappa shape index (κ1) is 22.3. The van der Waals surface area contributed by atoms with Crippen LogP contribution in [0.2, 0.25) is 0 Å². The van der Waals surface area contributed by atoms with Gasteiger partial charge in [-0.3, -0.25) is 0 Å². The molecule has 170 valence electrons. The van der Waals surface area contributed by atoms with Crippen LogP contribution in [0.25, 0.3) is 6.08 Å². The molecular weight excluding hydrogens is 416 g/mol. The molecule has 7 heteroatoms. The lowest BCUT2D eigenvalue weighted by molar-refractivity contribution is 0.198. The van der Waals surface area contributed by atoms with Gasteiger partial charge in [0, 0.05) is 31.4 Å². The summed E-state index contributed by atoms with van der Waals surface area (Å²) in [5.41, 5.74) is 4.13. The first-order chi connectivity index (χ1) is 16.0. The molecule has 0 radical (unpaired) electrons. The number of methoxy groups -OCH3 is 1. The molecule has 1 aromatic carbocycles. The van der Waals surface area contributed by atoms with Crippen LogP contribution in [-0.2, 0) is 0 Å². The second-order valence-electron chi connectivity index (χ2n) is 8.18. The van der Waals surface area contributed by atoms with Gasteiger partial charge in [0.25, 0.3) is 0 Å². The standard InChI is InChI=1S/C26H28N4O3/c1-18-7-9-25(27-15-18)33-23-6-4-5-20(14-23)13-21-11-12-30(17-19(21)2)26(31)29-22-8-10-24(32-3)28-16-22/h4-10,13-16,19H,11-12,17H2,1-3H3,(H,29,31). The van der Waals surface area contributed by atoms with Crippen molar-refractivity contribution in [2.75, 3.05) is 25.5 Å². The first-order valence-corrected chi connectivity index (χ1v) is 11.0. The van der Waals surface area contributed by atoms with Gasteiger partial charge in [0.2, 0.25) is 11.8 Å². The van der Waals surface area contributed by atoms with Crippen LogP contribution in [-0.4, -0.2) is 41.1 Å². The van der Waals surface area contributed by atoms with Gasteiger partial charge in [0.1, 0.15) is 5.75 Å². The number of hydrogen-bond donors (Lipinski definition) is 1. The molecule has 1 atom stereocenters. The van der Waals surface area contributed by atoms with Crippen LogP contribution in [0.4, 0.5) is 10.5 Å². The van der Waals surface area contributed by atoms with Gasteiger partial charge in [-0.1, -0.05) is 36.8 Å². The fourth-order valence-electron chi connectivity index (χ4n) is 3.74. The Morgan fingerprint density at radius 1 is 1.12 bits per heavy atom. The zero-order valence-corrected chi connectivity index (χ0v) is 19.1. The third kappa shape index (κ3) is 5.88. The highest BCUT2D eigenvalue weighted by Crippen LogP contribution is 2.27. The van der Waals surface area contributed by atoms with Gasteiger partial charge in [0.05, 0.1) is 19.0 Å². The van der Waals surface area contributed by atoms with E-state index in [9.17, 15) is 4.79 Å². The van der Waals surface area contributed by atoms with Gasteiger partial charge in [-0.25, -0.2) is 14.8 Å². The third-order valence-corrected chi connectivity index (χ3v) is 5.60. The summed E-state index contributed by atoms with van der Waals surface area (Å²) < 4.78 is 11.0. The van der Waals surface area contributed by atoms with Crippen molar-refractivity contribution >= 4 is 17.8 Å². The Labute approximate surface area is 194 Å². The Kier molecular flexibility index (Phi) is 6.88. The Bertz CT molecular complexity index is 1130. The van der Waals surface area contributed by atoms with E-state index in [1.165, 1.54) is 5.57 Å². The number of nitrogens with zero attached hydrogens (tertiary/aromatic N) is 3. The van der Waals surface area contributed by atoms with Gasteiger partial charge < -0.3 is 19.7 Å². The number of anilines is 1. The number of aromatic nitrogens is 2. The highest BCUT2D eigenvalue weighted by Gasteiger charge is 2.24. The zero-order chi connectivity index (χ0) is 23.2. The maximum absolute atomic E-state index is 12.7. The predicted molar refractivity (Wildman–Crippen MR) is 129 cm³/mol. The lowest BCUT2D eigenvalue weighted by atomic mass is 9.91. The summed E-state index contributed by atoms with van der Waals surface area (Å²) in [4.78, 5) is 23.0. The fourth-order valence-corrected chi connectivity index (χ4v) is 3.74. The van der Waals surface area contributed by atoms with E-state index in [4.69, 9.17) is 9.47 Å². The molecule has 1 saturated heterocycles. The number of ether oxygens (including phenoxy) is 2.